The smallest absolute Gasteiger partial charge is 0.258 e. The molecule has 0 spiro atoms. The molecule has 1 N–H and O–H groups in total. The van der Waals surface area contributed by atoms with E-state index in [0.717, 1.165) is 34.7 Å². The van der Waals surface area contributed by atoms with Crippen molar-refractivity contribution in [2.24, 2.45) is 5.92 Å². The Hall–Kier alpha value is -2.84. The predicted molar refractivity (Wildman–Crippen MR) is 142 cm³/mol. The summed E-state index contributed by atoms with van der Waals surface area (Å²) < 4.78 is 11.5. The number of ether oxygens (including phenoxy) is 1. The van der Waals surface area contributed by atoms with E-state index in [1.165, 1.54) is 4.90 Å². The Bertz CT molecular complexity index is 1170. The van der Waals surface area contributed by atoms with Gasteiger partial charge in [0.05, 0.1) is 18.2 Å². The molecule has 0 saturated heterocycles. The lowest BCUT2D eigenvalue weighted by molar-refractivity contribution is 0.340. The lowest BCUT2D eigenvalue weighted by Gasteiger charge is -2.38. The molecule has 0 amide bonds. The van der Waals surface area contributed by atoms with Gasteiger partial charge in [-0.25, -0.2) is 0 Å². The molecule has 178 valence electrons. The predicted octanol–water partition coefficient (Wildman–Crippen LogP) is 6.18. The molecule has 0 saturated carbocycles. The van der Waals surface area contributed by atoms with E-state index in [2.05, 4.69) is 66.7 Å². The molecular weight excluding hydrogens is 464 g/mol. The van der Waals surface area contributed by atoms with Crippen LogP contribution in [0.25, 0.3) is 17.0 Å². The van der Waals surface area contributed by atoms with Gasteiger partial charge < -0.3 is 19.5 Å². The van der Waals surface area contributed by atoms with Gasteiger partial charge in [-0.2, -0.15) is 4.98 Å². The number of thioether (sulfide) groups is 1. The van der Waals surface area contributed by atoms with E-state index in [1.54, 1.807) is 11.8 Å². The fourth-order valence-corrected chi connectivity index (χ4v) is 4.74. The van der Waals surface area contributed by atoms with Crippen molar-refractivity contribution in [1.29, 1.82) is 0 Å². The highest BCUT2D eigenvalue weighted by atomic mass is 32.2. The van der Waals surface area contributed by atoms with Crippen LogP contribution in [-0.2, 0) is 0 Å². The van der Waals surface area contributed by atoms with Gasteiger partial charge in [-0.15, -0.1) is 11.8 Å². The minimum absolute atomic E-state index is 0.209. The van der Waals surface area contributed by atoms with Gasteiger partial charge >= 0.3 is 0 Å². The fraction of sp³-hybridized carbons (Fsp3) is 0.346. The largest absolute Gasteiger partial charge is 0.494 e. The van der Waals surface area contributed by atoms with Gasteiger partial charge in [-0.3, -0.25) is 0 Å². The summed E-state index contributed by atoms with van der Waals surface area (Å²) in [6, 6.07) is 16.0. The van der Waals surface area contributed by atoms with E-state index in [-0.39, 0.29) is 6.04 Å². The second kappa shape index (κ2) is 10.6. The maximum Gasteiger partial charge on any atom is 0.258 e. The minimum atomic E-state index is -0.209. The van der Waals surface area contributed by atoms with Crippen molar-refractivity contribution < 1.29 is 9.26 Å². The van der Waals surface area contributed by atoms with E-state index in [1.807, 2.05) is 31.2 Å². The monoisotopic (exact) mass is 494 g/mol. The lowest BCUT2D eigenvalue weighted by atomic mass is 9.94. The highest BCUT2D eigenvalue weighted by Gasteiger charge is 2.34. The van der Waals surface area contributed by atoms with Crippen LogP contribution >= 0.6 is 24.0 Å². The highest BCUT2D eigenvalue weighted by Crippen LogP contribution is 2.38. The molecular formula is C26H30N4O2S2. The number of hydrogen-bond donors (Lipinski definition) is 1. The number of rotatable bonds is 8. The standard InChI is InChI=1S/C26H30N4O2S2/c1-6-31-20-11-7-18(8-12-20)23-22(17(4)30(15-16(2)3)26(33)27-23)25-28-24(29-32-25)19-9-13-21(34-5)14-10-19/h7-14,16,23H,6,15H2,1-5H3,(H,27,33). The van der Waals surface area contributed by atoms with E-state index in [0.29, 0.717) is 29.4 Å². The number of benzene rings is 2. The number of allylic oxidation sites excluding steroid dienone is 1. The molecule has 3 aromatic rings. The van der Waals surface area contributed by atoms with Crippen LogP contribution in [0.3, 0.4) is 0 Å². The summed E-state index contributed by atoms with van der Waals surface area (Å²) in [4.78, 5) is 8.11. The summed E-state index contributed by atoms with van der Waals surface area (Å²) in [5.74, 6) is 2.33. The minimum Gasteiger partial charge on any atom is -0.494 e. The van der Waals surface area contributed by atoms with Crippen molar-refractivity contribution in [3.8, 4) is 17.1 Å². The van der Waals surface area contributed by atoms with Crippen LogP contribution in [0.2, 0.25) is 0 Å². The Morgan fingerprint density at radius 2 is 1.85 bits per heavy atom. The number of nitrogens with zero attached hydrogens (tertiary/aromatic N) is 3. The average Bonchev–Trinajstić information content (AvgIpc) is 3.32. The summed E-state index contributed by atoms with van der Waals surface area (Å²) in [6.07, 6.45) is 2.06. The van der Waals surface area contributed by atoms with E-state index >= 15 is 0 Å². The van der Waals surface area contributed by atoms with Gasteiger partial charge in [-0.05, 0) is 80.2 Å². The third-order valence-corrected chi connectivity index (χ3v) is 6.75. The van der Waals surface area contributed by atoms with Crippen molar-refractivity contribution >= 4 is 34.7 Å². The summed E-state index contributed by atoms with van der Waals surface area (Å²) in [5.41, 5.74) is 3.91. The Balaban J connectivity index is 1.76. The molecule has 0 aliphatic carbocycles. The van der Waals surface area contributed by atoms with Crippen molar-refractivity contribution in [2.45, 2.75) is 38.6 Å². The first-order valence-electron chi connectivity index (χ1n) is 11.4. The summed E-state index contributed by atoms with van der Waals surface area (Å²) in [5, 5.41) is 8.50. The lowest BCUT2D eigenvalue weighted by Crippen LogP contribution is -2.47. The second-order valence-corrected chi connectivity index (χ2v) is 9.81. The maximum atomic E-state index is 5.83. The second-order valence-electron chi connectivity index (χ2n) is 8.54. The molecule has 1 aliphatic heterocycles. The first-order chi connectivity index (χ1) is 16.4. The topological polar surface area (TPSA) is 63.4 Å². The normalized spacial score (nSPS) is 16.2. The molecule has 4 rings (SSSR count). The number of hydrogen-bond acceptors (Lipinski definition) is 6. The van der Waals surface area contributed by atoms with E-state index in [4.69, 9.17) is 26.5 Å². The Morgan fingerprint density at radius 3 is 2.47 bits per heavy atom. The number of thiocarbonyl (C=S) groups is 1. The summed E-state index contributed by atoms with van der Waals surface area (Å²) in [7, 11) is 0. The number of nitrogens with one attached hydrogen (secondary N) is 1. The highest BCUT2D eigenvalue weighted by molar-refractivity contribution is 7.98. The van der Waals surface area contributed by atoms with Gasteiger partial charge in [0.15, 0.2) is 5.11 Å². The van der Waals surface area contributed by atoms with Gasteiger partial charge in [0.1, 0.15) is 5.75 Å². The maximum absolute atomic E-state index is 5.83. The van der Waals surface area contributed by atoms with Crippen LogP contribution in [0, 0.1) is 5.92 Å². The van der Waals surface area contributed by atoms with Crippen molar-refractivity contribution in [2.75, 3.05) is 19.4 Å². The number of aromatic nitrogens is 2. The third-order valence-electron chi connectivity index (χ3n) is 5.67. The van der Waals surface area contributed by atoms with Gasteiger partial charge in [0, 0.05) is 22.7 Å². The quantitative estimate of drug-likeness (QED) is 0.294. The van der Waals surface area contributed by atoms with Crippen molar-refractivity contribution in [3.05, 3.63) is 65.7 Å². The summed E-state index contributed by atoms with van der Waals surface area (Å²) >= 11 is 7.46. The molecule has 0 bridgehead atoms. The molecule has 1 aliphatic rings. The molecule has 0 fully saturated rings. The molecule has 1 unspecified atom stereocenters. The van der Waals surface area contributed by atoms with Crippen LogP contribution in [-0.4, -0.2) is 39.6 Å². The zero-order valence-electron chi connectivity index (χ0n) is 20.2. The Labute approximate surface area is 210 Å². The first-order valence-corrected chi connectivity index (χ1v) is 13.0. The van der Waals surface area contributed by atoms with Crippen LogP contribution in [0.15, 0.2) is 63.6 Å². The van der Waals surface area contributed by atoms with Crippen LogP contribution < -0.4 is 10.1 Å². The van der Waals surface area contributed by atoms with E-state index < -0.39 is 0 Å². The van der Waals surface area contributed by atoms with Crippen LogP contribution in [0.5, 0.6) is 5.75 Å². The Morgan fingerprint density at radius 1 is 1.15 bits per heavy atom. The molecule has 2 aromatic carbocycles. The van der Waals surface area contributed by atoms with E-state index in [9.17, 15) is 0 Å². The Kier molecular flexibility index (Phi) is 7.58. The van der Waals surface area contributed by atoms with Crippen molar-refractivity contribution in [1.82, 2.24) is 20.4 Å². The molecule has 1 atom stereocenters. The summed E-state index contributed by atoms with van der Waals surface area (Å²) in [6.45, 7) is 9.83. The van der Waals surface area contributed by atoms with Crippen molar-refractivity contribution in [3.63, 3.8) is 0 Å². The zero-order valence-corrected chi connectivity index (χ0v) is 21.8. The first kappa shape index (κ1) is 24.3. The third kappa shape index (κ3) is 5.13. The van der Waals surface area contributed by atoms with Crippen LogP contribution in [0.1, 0.15) is 45.2 Å². The van der Waals surface area contributed by atoms with Gasteiger partial charge in [0.2, 0.25) is 5.82 Å². The fourth-order valence-electron chi connectivity index (χ4n) is 4.01. The SMILES string of the molecule is CCOc1ccc(C2NC(=S)N(CC(C)C)C(C)=C2c2nc(-c3ccc(SC)cc3)no2)cc1. The molecule has 2 heterocycles. The molecule has 8 heteroatoms. The molecule has 6 nitrogen and oxygen atoms in total. The molecule has 1 aromatic heterocycles. The average molecular weight is 495 g/mol. The molecule has 34 heavy (non-hydrogen) atoms. The zero-order chi connectivity index (χ0) is 24.2. The molecule has 0 radical (unpaired) electrons. The van der Waals surface area contributed by atoms with Crippen LogP contribution in [0.4, 0.5) is 0 Å². The van der Waals surface area contributed by atoms with Gasteiger partial charge in [0.25, 0.3) is 5.89 Å². The van der Waals surface area contributed by atoms with Gasteiger partial charge in [-0.1, -0.05) is 31.1 Å².